The highest BCUT2D eigenvalue weighted by molar-refractivity contribution is 8.19. The molecule has 1 amide bonds. The fourth-order valence-electron chi connectivity index (χ4n) is 3.30. The number of anilines is 1. The van der Waals surface area contributed by atoms with Crippen LogP contribution in [0.3, 0.4) is 0 Å². The van der Waals surface area contributed by atoms with Crippen LogP contribution in [0.1, 0.15) is 16.7 Å². The zero-order valence-corrected chi connectivity index (χ0v) is 18.3. The smallest absolute Gasteiger partial charge is 0.271 e. The van der Waals surface area contributed by atoms with Gasteiger partial charge in [-0.2, -0.15) is 0 Å². The standard InChI is InChI=1S/C25H22N2O3S/c1-16-8-4-6-10-19(16)26-25-27(20-11-7-5-9-17(20)2)24(29)23(31-25)15-18-12-13-21(28)22(14-18)30-3/h4-15,28H,1-3H3/b23-15+,26-25?. The largest absolute Gasteiger partial charge is 0.504 e. The molecule has 0 aliphatic carbocycles. The minimum absolute atomic E-state index is 0.0541. The third kappa shape index (κ3) is 4.20. The van der Waals surface area contributed by atoms with Gasteiger partial charge < -0.3 is 9.84 Å². The van der Waals surface area contributed by atoms with Gasteiger partial charge in [0.2, 0.25) is 0 Å². The minimum atomic E-state index is -0.140. The molecule has 6 heteroatoms. The van der Waals surface area contributed by atoms with E-state index in [4.69, 9.17) is 9.73 Å². The Bertz CT molecular complexity index is 1220. The van der Waals surface area contributed by atoms with E-state index in [0.717, 1.165) is 28.1 Å². The minimum Gasteiger partial charge on any atom is -0.504 e. The Morgan fingerprint density at radius 3 is 2.42 bits per heavy atom. The molecule has 1 fully saturated rings. The molecular weight excluding hydrogens is 408 g/mol. The quantitative estimate of drug-likeness (QED) is 0.529. The fraction of sp³-hybridized carbons (Fsp3) is 0.120. The van der Waals surface area contributed by atoms with Crippen LogP contribution in [0.25, 0.3) is 6.08 Å². The van der Waals surface area contributed by atoms with Crippen molar-refractivity contribution in [1.82, 2.24) is 0 Å². The van der Waals surface area contributed by atoms with E-state index < -0.39 is 0 Å². The Balaban J connectivity index is 1.81. The van der Waals surface area contributed by atoms with Gasteiger partial charge in [0.15, 0.2) is 16.7 Å². The van der Waals surface area contributed by atoms with E-state index in [1.165, 1.54) is 18.9 Å². The van der Waals surface area contributed by atoms with Gasteiger partial charge >= 0.3 is 0 Å². The summed E-state index contributed by atoms with van der Waals surface area (Å²) in [6.07, 6.45) is 1.79. The normalized spacial score (nSPS) is 16.4. The van der Waals surface area contributed by atoms with Gasteiger partial charge in [0.1, 0.15) is 0 Å². The summed E-state index contributed by atoms with van der Waals surface area (Å²) in [5.74, 6) is 0.270. The highest BCUT2D eigenvalue weighted by Crippen LogP contribution is 2.39. The number of ether oxygens (including phenoxy) is 1. The number of methoxy groups -OCH3 is 1. The molecule has 0 spiro atoms. The maximum atomic E-state index is 13.4. The van der Waals surface area contributed by atoms with Crippen molar-refractivity contribution in [2.24, 2.45) is 4.99 Å². The van der Waals surface area contributed by atoms with Crippen molar-refractivity contribution >= 4 is 40.3 Å². The first kappa shape index (κ1) is 20.8. The van der Waals surface area contributed by atoms with E-state index in [1.54, 1.807) is 29.2 Å². The average Bonchev–Trinajstić information content (AvgIpc) is 3.06. The van der Waals surface area contributed by atoms with Gasteiger partial charge in [-0.25, -0.2) is 4.99 Å². The average molecular weight is 431 g/mol. The summed E-state index contributed by atoms with van der Waals surface area (Å²) in [6.45, 7) is 3.98. The summed E-state index contributed by atoms with van der Waals surface area (Å²) >= 11 is 1.33. The Kier molecular flexibility index (Phi) is 5.82. The number of aromatic hydroxyl groups is 1. The number of amidine groups is 1. The lowest BCUT2D eigenvalue weighted by Crippen LogP contribution is -2.29. The number of benzene rings is 3. The molecule has 0 atom stereocenters. The first-order chi connectivity index (χ1) is 15.0. The third-order valence-electron chi connectivity index (χ3n) is 5.00. The Morgan fingerprint density at radius 1 is 1.00 bits per heavy atom. The number of aliphatic imine (C=N–C) groups is 1. The number of phenols is 1. The van der Waals surface area contributed by atoms with Crippen LogP contribution >= 0.6 is 11.8 Å². The summed E-state index contributed by atoms with van der Waals surface area (Å²) in [4.78, 5) is 20.5. The molecule has 0 unspecified atom stereocenters. The van der Waals surface area contributed by atoms with Gasteiger partial charge in [-0.3, -0.25) is 9.69 Å². The number of thioether (sulfide) groups is 1. The molecule has 3 aromatic rings. The number of hydrogen-bond donors (Lipinski definition) is 1. The summed E-state index contributed by atoms with van der Waals surface area (Å²) in [5.41, 5.74) is 4.41. The second kappa shape index (κ2) is 8.70. The zero-order chi connectivity index (χ0) is 22.0. The van der Waals surface area contributed by atoms with Gasteiger partial charge in [0.25, 0.3) is 5.91 Å². The molecule has 1 aliphatic rings. The predicted molar refractivity (Wildman–Crippen MR) is 127 cm³/mol. The topological polar surface area (TPSA) is 62.1 Å². The molecule has 156 valence electrons. The fourth-order valence-corrected chi connectivity index (χ4v) is 4.29. The van der Waals surface area contributed by atoms with Crippen molar-refractivity contribution in [2.45, 2.75) is 13.8 Å². The van der Waals surface area contributed by atoms with Crippen LogP contribution in [0.2, 0.25) is 0 Å². The van der Waals surface area contributed by atoms with E-state index in [-0.39, 0.29) is 11.7 Å². The molecule has 0 radical (unpaired) electrons. The van der Waals surface area contributed by atoms with Crippen LogP contribution in [0.15, 0.2) is 76.6 Å². The number of phenolic OH excluding ortho intramolecular Hbond substituents is 1. The molecule has 4 rings (SSSR count). The van der Waals surface area contributed by atoms with Crippen LogP contribution in [0.4, 0.5) is 11.4 Å². The van der Waals surface area contributed by atoms with Crippen molar-refractivity contribution in [3.63, 3.8) is 0 Å². The molecule has 1 heterocycles. The molecule has 0 aromatic heterocycles. The predicted octanol–water partition coefficient (Wildman–Crippen LogP) is 5.83. The Hall–Kier alpha value is -3.51. The van der Waals surface area contributed by atoms with E-state index in [9.17, 15) is 9.90 Å². The molecule has 0 bridgehead atoms. The van der Waals surface area contributed by atoms with Crippen LogP contribution in [0.5, 0.6) is 11.5 Å². The summed E-state index contributed by atoms with van der Waals surface area (Å²) < 4.78 is 5.19. The number of carbonyl (C=O) groups excluding carboxylic acids is 1. The molecule has 1 N–H and O–H groups in total. The van der Waals surface area contributed by atoms with Gasteiger partial charge in [-0.15, -0.1) is 0 Å². The lowest BCUT2D eigenvalue weighted by Gasteiger charge is -2.18. The van der Waals surface area contributed by atoms with Crippen molar-refractivity contribution in [1.29, 1.82) is 0 Å². The molecule has 31 heavy (non-hydrogen) atoms. The number of aryl methyl sites for hydroxylation is 2. The molecular formula is C25H22N2O3S. The molecule has 3 aromatic carbocycles. The Labute approximate surface area is 185 Å². The van der Waals surface area contributed by atoms with Crippen LogP contribution in [0, 0.1) is 13.8 Å². The lowest BCUT2D eigenvalue weighted by molar-refractivity contribution is -0.113. The van der Waals surface area contributed by atoms with E-state index in [2.05, 4.69) is 0 Å². The van der Waals surface area contributed by atoms with E-state index >= 15 is 0 Å². The van der Waals surface area contributed by atoms with Crippen molar-refractivity contribution in [3.05, 3.63) is 88.3 Å². The molecule has 1 saturated heterocycles. The van der Waals surface area contributed by atoms with Gasteiger partial charge in [0.05, 0.1) is 23.4 Å². The van der Waals surface area contributed by atoms with Crippen molar-refractivity contribution in [2.75, 3.05) is 12.0 Å². The summed E-state index contributed by atoms with van der Waals surface area (Å²) in [5, 5.41) is 10.5. The van der Waals surface area contributed by atoms with Gasteiger partial charge in [-0.1, -0.05) is 42.5 Å². The van der Waals surface area contributed by atoms with Gasteiger partial charge in [-0.05, 0) is 72.6 Å². The van der Waals surface area contributed by atoms with Crippen molar-refractivity contribution in [3.8, 4) is 11.5 Å². The summed E-state index contributed by atoms with van der Waals surface area (Å²) in [6, 6.07) is 20.6. The number of hydrogen-bond acceptors (Lipinski definition) is 5. The number of nitrogens with zero attached hydrogens (tertiary/aromatic N) is 2. The second-order valence-electron chi connectivity index (χ2n) is 7.15. The second-order valence-corrected chi connectivity index (χ2v) is 8.16. The lowest BCUT2D eigenvalue weighted by atomic mass is 10.1. The van der Waals surface area contributed by atoms with Crippen molar-refractivity contribution < 1.29 is 14.6 Å². The zero-order valence-electron chi connectivity index (χ0n) is 17.5. The van der Waals surface area contributed by atoms with Gasteiger partial charge in [0, 0.05) is 0 Å². The number of amides is 1. The number of rotatable bonds is 4. The van der Waals surface area contributed by atoms with E-state index in [1.807, 2.05) is 62.4 Å². The summed E-state index contributed by atoms with van der Waals surface area (Å²) in [7, 11) is 1.49. The maximum absolute atomic E-state index is 13.4. The first-order valence-electron chi connectivity index (χ1n) is 9.79. The molecule has 0 saturated carbocycles. The maximum Gasteiger partial charge on any atom is 0.271 e. The van der Waals surface area contributed by atoms with Crippen LogP contribution in [-0.4, -0.2) is 23.3 Å². The number of carbonyl (C=O) groups is 1. The monoisotopic (exact) mass is 430 g/mol. The highest BCUT2D eigenvalue weighted by Gasteiger charge is 2.35. The first-order valence-corrected chi connectivity index (χ1v) is 10.6. The Morgan fingerprint density at radius 2 is 1.71 bits per heavy atom. The van der Waals surface area contributed by atoms with Crippen LogP contribution < -0.4 is 9.64 Å². The third-order valence-corrected chi connectivity index (χ3v) is 5.96. The highest BCUT2D eigenvalue weighted by atomic mass is 32.2. The molecule has 1 aliphatic heterocycles. The van der Waals surface area contributed by atoms with E-state index in [0.29, 0.717) is 15.8 Å². The molecule has 5 nitrogen and oxygen atoms in total. The number of para-hydroxylation sites is 2. The SMILES string of the molecule is COc1cc(/C=C2/SC(=Nc3ccccc3C)N(c3ccccc3C)C2=O)ccc1O. The van der Waals surface area contributed by atoms with Crippen LogP contribution in [-0.2, 0) is 4.79 Å².